The highest BCUT2D eigenvalue weighted by atomic mass is 19.3. The maximum atomic E-state index is 12.0. The topological polar surface area (TPSA) is 41.6 Å². The molecule has 1 rings (SSSR count). The van der Waals surface area contributed by atoms with Gasteiger partial charge in [0.1, 0.15) is 5.75 Å². The van der Waals surface area contributed by atoms with Crippen molar-refractivity contribution in [3.63, 3.8) is 0 Å². The summed E-state index contributed by atoms with van der Waals surface area (Å²) < 4.78 is 28.1. The van der Waals surface area contributed by atoms with Gasteiger partial charge in [-0.15, -0.1) is 0 Å². The Kier molecular flexibility index (Phi) is 5.69. The van der Waals surface area contributed by atoms with E-state index in [1.165, 1.54) is 24.3 Å². The molecule has 0 aliphatic heterocycles. The summed E-state index contributed by atoms with van der Waals surface area (Å²) in [6.07, 6.45) is 0. The standard InChI is InChI=1S/C13H18F2N2O2/c1-9(2)17(3)8-12(18)16-10-4-6-11(7-5-10)19-13(14)15/h4-7,9,13H,8H2,1-3H3,(H,16,18). The Balaban J connectivity index is 2.51. The lowest BCUT2D eigenvalue weighted by atomic mass is 10.3. The first kappa shape index (κ1) is 15.4. The molecule has 0 aliphatic rings. The van der Waals surface area contributed by atoms with Gasteiger partial charge in [0.25, 0.3) is 0 Å². The molecular weight excluding hydrogens is 254 g/mol. The van der Waals surface area contributed by atoms with Gasteiger partial charge in [0.15, 0.2) is 0 Å². The van der Waals surface area contributed by atoms with Gasteiger partial charge in [0, 0.05) is 11.7 Å². The molecule has 0 heterocycles. The number of ether oxygens (including phenoxy) is 1. The molecule has 0 spiro atoms. The number of anilines is 1. The van der Waals surface area contributed by atoms with Crippen molar-refractivity contribution in [1.82, 2.24) is 4.90 Å². The van der Waals surface area contributed by atoms with Crippen molar-refractivity contribution in [2.75, 3.05) is 18.9 Å². The van der Waals surface area contributed by atoms with Gasteiger partial charge in [0.2, 0.25) is 5.91 Å². The molecule has 4 nitrogen and oxygen atoms in total. The first-order valence-corrected chi connectivity index (χ1v) is 5.93. The summed E-state index contributed by atoms with van der Waals surface area (Å²) in [6, 6.07) is 6.07. The molecule has 0 radical (unpaired) electrons. The molecule has 1 aromatic rings. The lowest BCUT2D eigenvalue weighted by Gasteiger charge is -2.20. The summed E-state index contributed by atoms with van der Waals surface area (Å²) in [5.74, 6) is -0.0916. The van der Waals surface area contributed by atoms with Crippen molar-refractivity contribution >= 4 is 11.6 Å². The lowest BCUT2D eigenvalue weighted by Crippen LogP contribution is -2.34. The number of nitrogens with zero attached hydrogens (tertiary/aromatic N) is 1. The third-order valence-corrected chi connectivity index (χ3v) is 2.64. The van der Waals surface area contributed by atoms with E-state index in [-0.39, 0.29) is 24.2 Å². The fourth-order valence-corrected chi connectivity index (χ4v) is 1.33. The van der Waals surface area contributed by atoms with Gasteiger partial charge in [-0.25, -0.2) is 0 Å². The van der Waals surface area contributed by atoms with Crippen LogP contribution in [0, 0.1) is 0 Å². The Morgan fingerprint density at radius 2 is 1.89 bits per heavy atom. The SMILES string of the molecule is CC(C)N(C)CC(=O)Nc1ccc(OC(F)F)cc1. The number of carbonyl (C=O) groups excluding carboxylic acids is 1. The summed E-state index contributed by atoms with van der Waals surface area (Å²) >= 11 is 0. The number of hydrogen-bond donors (Lipinski definition) is 1. The predicted molar refractivity (Wildman–Crippen MR) is 69.5 cm³/mol. The van der Waals surface area contributed by atoms with Crippen LogP contribution in [0.4, 0.5) is 14.5 Å². The second-order valence-corrected chi connectivity index (χ2v) is 4.46. The van der Waals surface area contributed by atoms with Crippen molar-refractivity contribution < 1.29 is 18.3 Å². The maximum Gasteiger partial charge on any atom is 0.387 e. The Bertz CT molecular complexity index is 408. The summed E-state index contributed by atoms with van der Waals surface area (Å²) in [6.45, 7) is 1.40. The minimum absolute atomic E-state index is 0.0623. The smallest absolute Gasteiger partial charge is 0.387 e. The highest BCUT2D eigenvalue weighted by Crippen LogP contribution is 2.17. The number of carbonyl (C=O) groups is 1. The average molecular weight is 272 g/mol. The molecule has 0 fully saturated rings. The third kappa shape index (κ3) is 5.65. The molecule has 1 N–H and O–H groups in total. The van der Waals surface area contributed by atoms with E-state index in [4.69, 9.17) is 0 Å². The first-order chi connectivity index (χ1) is 8.88. The molecule has 0 atom stereocenters. The van der Waals surface area contributed by atoms with Crippen molar-refractivity contribution in [3.8, 4) is 5.75 Å². The summed E-state index contributed by atoms with van der Waals surface area (Å²) in [5.41, 5.74) is 0.545. The highest BCUT2D eigenvalue weighted by Gasteiger charge is 2.10. The zero-order chi connectivity index (χ0) is 14.4. The van der Waals surface area contributed by atoms with Crippen molar-refractivity contribution in [3.05, 3.63) is 24.3 Å². The second kappa shape index (κ2) is 7.04. The van der Waals surface area contributed by atoms with E-state index in [0.29, 0.717) is 5.69 Å². The molecule has 0 saturated heterocycles. The molecule has 1 aromatic carbocycles. The molecule has 1 amide bonds. The van der Waals surface area contributed by atoms with Crippen molar-refractivity contribution in [1.29, 1.82) is 0 Å². The second-order valence-electron chi connectivity index (χ2n) is 4.46. The lowest BCUT2D eigenvalue weighted by molar-refractivity contribution is -0.117. The Morgan fingerprint density at radius 3 is 2.37 bits per heavy atom. The zero-order valence-corrected chi connectivity index (χ0v) is 11.2. The number of nitrogens with one attached hydrogen (secondary N) is 1. The Hall–Kier alpha value is -1.69. The molecule has 0 saturated carbocycles. The van der Waals surface area contributed by atoms with Gasteiger partial charge in [-0.1, -0.05) is 0 Å². The van der Waals surface area contributed by atoms with Crippen LogP contribution in [0.3, 0.4) is 0 Å². The van der Waals surface area contributed by atoms with Crippen LogP contribution in [-0.2, 0) is 4.79 Å². The van der Waals surface area contributed by atoms with Gasteiger partial charge < -0.3 is 10.1 Å². The molecule has 0 aliphatic carbocycles. The minimum Gasteiger partial charge on any atom is -0.435 e. The van der Waals surface area contributed by atoms with E-state index in [1.807, 2.05) is 25.8 Å². The monoisotopic (exact) mass is 272 g/mol. The quantitative estimate of drug-likeness (QED) is 0.865. The molecular formula is C13H18F2N2O2. The number of hydrogen-bond acceptors (Lipinski definition) is 3. The number of alkyl halides is 2. The average Bonchev–Trinajstić information content (AvgIpc) is 2.30. The van der Waals surface area contributed by atoms with Gasteiger partial charge in [-0.3, -0.25) is 9.69 Å². The minimum atomic E-state index is -2.85. The van der Waals surface area contributed by atoms with Crippen LogP contribution in [0.1, 0.15) is 13.8 Å². The van der Waals surface area contributed by atoms with Crippen LogP contribution in [0.25, 0.3) is 0 Å². The van der Waals surface area contributed by atoms with Gasteiger partial charge in [-0.05, 0) is 45.2 Å². The fraction of sp³-hybridized carbons (Fsp3) is 0.462. The highest BCUT2D eigenvalue weighted by molar-refractivity contribution is 5.92. The summed E-state index contributed by atoms with van der Waals surface area (Å²) in [5, 5.41) is 2.68. The normalized spacial score (nSPS) is 11.2. The number of halogens is 2. The molecule has 0 unspecified atom stereocenters. The van der Waals surface area contributed by atoms with E-state index in [1.54, 1.807) is 0 Å². The molecule has 0 bridgehead atoms. The number of benzene rings is 1. The Morgan fingerprint density at radius 1 is 1.32 bits per heavy atom. The summed E-state index contributed by atoms with van der Waals surface area (Å²) in [4.78, 5) is 13.6. The van der Waals surface area contributed by atoms with Gasteiger partial charge >= 0.3 is 6.61 Å². The number of likely N-dealkylation sites (N-methyl/N-ethyl adjacent to an activating group) is 1. The largest absolute Gasteiger partial charge is 0.435 e. The van der Waals surface area contributed by atoms with E-state index in [9.17, 15) is 13.6 Å². The van der Waals surface area contributed by atoms with Crippen LogP contribution >= 0.6 is 0 Å². The molecule has 6 heteroatoms. The predicted octanol–water partition coefficient (Wildman–Crippen LogP) is 2.57. The maximum absolute atomic E-state index is 12.0. The summed E-state index contributed by atoms with van der Waals surface area (Å²) in [7, 11) is 1.85. The van der Waals surface area contributed by atoms with Crippen LogP contribution in [0.5, 0.6) is 5.75 Å². The van der Waals surface area contributed by atoms with Crippen LogP contribution in [-0.4, -0.2) is 37.1 Å². The van der Waals surface area contributed by atoms with Gasteiger partial charge in [0.05, 0.1) is 6.54 Å². The van der Waals surface area contributed by atoms with Crippen LogP contribution < -0.4 is 10.1 Å². The Labute approximate surface area is 111 Å². The number of rotatable bonds is 6. The molecule has 0 aromatic heterocycles. The molecule has 19 heavy (non-hydrogen) atoms. The van der Waals surface area contributed by atoms with Crippen LogP contribution in [0.15, 0.2) is 24.3 Å². The van der Waals surface area contributed by atoms with Gasteiger partial charge in [-0.2, -0.15) is 8.78 Å². The van der Waals surface area contributed by atoms with Crippen molar-refractivity contribution in [2.24, 2.45) is 0 Å². The van der Waals surface area contributed by atoms with E-state index in [0.717, 1.165) is 0 Å². The molecule has 106 valence electrons. The van der Waals surface area contributed by atoms with E-state index < -0.39 is 6.61 Å². The van der Waals surface area contributed by atoms with E-state index >= 15 is 0 Å². The fourth-order valence-electron chi connectivity index (χ4n) is 1.33. The van der Waals surface area contributed by atoms with Crippen LogP contribution in [0.2, 0.25) is 0 Å². The number of amides is 1. The van der Waals surface area contributed by atoms with Crippen molar-refractivity contribution in [2.45, 2.75) is 26.5 Å². The zero-order valence-electron chi connectivity index (χ0n) is 11.2. The third-order valence-electron chi connectivity index (χ3n) is 2.64. The first-order valence-electron chi connectivity index (χ1n) is 5.93. The van der Waals surface area contributed by atoms with E-state index in [2.05, 4.69) is 10.1 Å².